The van der Waals surface area contributed by atoms with Crippen LogP contribution in [0.2, 0.25) is 0 Å². The first-order chi connectivity index (χ1) is 14.5. The van der Waals surface area contributed by atoms with E-state index in [1.165, 1.54) is 12.1 Å². The molecule has 0 spiro atoms. The van der Waals surface area contributed by atoms with E-state index in [1.807, 2.05) is 0 Å². The Morgan fingerprint density at radius 2 is 1.97 bits per heavy atom. The van der Waals surface area contributed by atoms with Gasteiger partial charge in [0, 0.05) is 17.2 Å². The molecule has 0 unspecified atom stereocenters. The lowest BCUT2D eigenvalue weighted by Gasteiger charge is -2.05. The minimum absolute atomic E-state index is 0.0416. The summed E-state index contributed by atoms with van der Waals surface area (Å²) in [5, 5.41) is 10.9. The predicted octanol–water partition coefficient (Wildman–Crippen LogP) is 4.70. The van der Waals surface area contributed by atoms with Crippen molar-refractivity contribution in [3.8, 4) is 17.2 Å². The van der Waals surface area contributed by atoms with Gasteiger partial charge in [0.2, 0.25) is 6.79 Å². The normalized spacial score (nSPS) is 12.3. The smallest absolute Gasteiger partial charge is 0.272 e. The first-order valence-electron chi connectivity index (χ1n) is 9.08. The Labute approximate surface area is 171 Å². The maximum absolute atomic E-state index is 12.3. The minimum atomic E-state index is -0.435. The van der Waals surface area contributed by atoms with Crippen LogP contribution >= 0.6 is 0 Å². The number of hydrogen-bond acceptors (Lipinski definition) is 7. The summed E-state index contributed by atoms with van der Waals surface area (Å²) in [6.07, 6.45) is 2.99. The van der Waals surface area contributed by atoms with E-state index in [4.69, 9.17) is 18.6 Å². The Morgan fingerprint density at radius 1 is 1.13 bits per heavy atom. The van der Waals surface area contributed by atoms with Gasteiger partial charge in [0.15, 0.2) is 17.3 Å². The summed E-state index contributed by atoms with van der Waals surface area (Å²) in [7, 11) is 0. The summed E-state index contributed by atoms with van der Waals surface area (Å²) in [4.78, 5) is 22.8. The summed E-state index contributed by atoms with van der Waals surface area (Å²) in [5.41, 5.74) is 1.04. The van der Waals surface area contributed by atoms with E-state index in [1.54, 1.807) is 55.5 Å². The highest BCUT2D eigenvalue weighted by molar-refractivity contribution is 6.07. The number of allylic oxidation sites excluding steroid dienone is 1. The molecule has 8 nitrogen and oxygen atoms in total. The molecule has 0 saturated heterocycles. The molecule has 4 rings (SSSR count). The van der Waals surface area contributed by atoms with Crippen molar-refractivity contribution in [1.29, 1.82) is 0 Å². The summed E-state index contributed by atoms with van der Waals surface area (Å²) < 4.78 is 21.8. The number of fused-ring (bicyclic) bond motifs is 1. The maximum Gasteiger partial charge on any atom is 0.272 e. The van der Waals surface area contributed by atoms with Crippen LogP contribution in [0.3, 0.4) is 0 Å². The monoisotopic (exact) mass is 407 g/mol. The van der Waals surface area contributed by atoms with Crippen molar-refractivity contribution in [3.63, 3.8) is 0 Å². The van der Waals surface area contributed by atoms with Crippen LogP contribution in [-0.2, 0) is 6.61 Å². The van der Waals surface area contributed by atoms with E-state index >= 15 is 0 Å². The molecule has 8 heteroatoms. The number of ketones is 1. The molecule has 1 aliphatic heterocycles. The molecule has 152 valence electrons. The highest BCUT2D eigenvalue weighted by Gasteiger charge is 2.15. The van der Waals surface area contributed by atoms with Crippen molar-refractivity contribution < 1.29 is 28.3 Å². The number of nitro groups is 1. The van der Waals surface area contributed by atoms with Gasteiger partial charge in [-0.2, -0.15) is 0 Å². The molecule has 1 aliphatic rings. The van der Waals surface area contributed by atoms with Gasteiger partial charge in [-0.05, 0) is 61.5 Å². The molecule has 2 aromatic carbocycles. The van der Waals surface area contributed by atoms with Gasteiger partial charge in [-0.25, -0.2) is 0 Å². The molecule has 0 fully saturated rings. The number of hydrogen-bond donors (Lipinski definition) is 0. The predicted molar refractivity (Wildman–Crippen MR) is 107 cm³/mol. The van der Waals surface area contributed by atoms with Crippen LogP contribution in [0, 0.1) is 17.0 Å². The van der Waals surface area contributed by atoms with Crippen molar-refractivity contribution in [2.75, 3.05) is 6.79 Å². The second-order valence-corrected chi connectivity index (χ2v) is 6.56. The van der Waals surface area contributed by atoms with Crippen molar-refractivity contribution in [2.24, 2.45) is 0 Å². The van der Waals surface area contributed by atoms with Gasteiger partial charge in [0.05, 0.1) is 4.92 Å². The minimum Gasteiger partial charge on any atom is -0.486 e. The van der Waals surface area contributed by atoms with Gasteiger partial charge in [-0.3, -0.25) is 14.9 Å². The van der Waals surface area contributed by atoms with Gasteiger partial charge < -0.3 is 18.6 Å². The number of nitrogens with zero attached hydrogens (tertiary/aromatic N) is 1. The maximum atomic E-state index is 12.3. The van der Waals surface area contributed by atoms with Gasteiger partial charge in [0.1, 0.15) is 23.9 Å². The zero-order valence-electron chi connectivity index (χ0n) is 16.0. The summed E-state index contributed by atoms with van der Waals surface area (Å²) in [5.74, 6) is 2.54. The SMILES string of the molecule is Cc1cc(OCc2ccc(/C=C/C(=O)c3ccc4c(c3)OCO4)o2)ccc1[N+](=O)[O-]. The van der Waals surface area contributed by atoms with E-state index in [0.717, 1.165) is 0 Å². The molecule has 2 heterocycles. The van der Waals surface area contributed by atoms with E-state index < -0.39 is 4.92 Å². The second-order valence-electron chi connectivity index (χ2n) is 6.56. The quantitative estimate of drug-likeness (QED) is 0.242. The van der Waals surface area contributed by atoms with Crippen LogP contribution in [-0.4, -0.2) is 17.5 Å². The topological polar surface area (TPSA) is 101 Å². The molecule has 0 atom stereocenters. The molecule has 0 bridgehead atoms. The molecule has 1 aromatic heterocycles. The average Bonchev–Trinajstić information content (AvgIpc) is 3.38. The molecular formula is C22H17NO7. The summed E-state index contributed by atoms with van der Waals surface area (Å²) in [6, 6.07) is 13.0. The fraction of sp³-hybridized carbons (Fsp3) is 0.136. The van der Waals surface area contributed by atoms with Gasteiger partial charge in [-0.1, -0.05) is 0 Å². The third-order valence-electron chi connectivity index (χ3n) is 4.48. The number of nitro benzene ring substituents is 1. The summed E-state index contributed by atoms with van der Waals surface area (Å²) >= 11 is 0. The van der Waals surface area contributed by atoms with Gasteiger partial charge >= 0.3 is 0 Å². The fourth-order valence-electron chi connectivity index (χ4n) is 2.94. The third-order valence-corrected chi connectivity index (χ3v) is 4.48. The van der Waals surface area contributed by atoms with Gasteiger partial charge in [0.25, 0.3) is 5.69 Å². The first-order valence-corrected chi connectivity index (χ1v) is 9.08. The Hall–Kier alpha value is -4.07. The molecule has 0 amide bonds. The van der Waals surface area contributed by atoms with E-state index in [0.29, 0.717) is 39.9 Å². The summed E-state index contributed by atoms with van der Waals surface area (Å²) in [6.45, 7) is 1.96. The Balaban J connectivity index is 1.36. The molecule has 0 aliphatic carbocycles. The van der Waals surface area contributed by atoms with Crippen LogP contribution in [0.5, 0.6) is 17.2 Å². The molecule has 0 saturated carbocycles. The lowest BCUT2D eigenvalue weighted by Crippen LogP contribution is -1.96. The van der Waals surface area contributed by atoms with Gasteiger partial charge in [-0.15, -0.1) is 0 Å². The second kappa shape index (κ2) is 8.12. The zero-order chi connectivity index (χ0) is 21.1. The number of rotatable bonds is 7. The number of ether oxygens (including phenoxy) is 3. The van der Waals surface area contributed by atoms with E-state index in [9.17, 15) is 14.9 Å². The Kier molecular flexibility index (Phi) is 5.21. The molecule has 0 N–H and O–H groups in total. The number of carbonyl (C=O) groups excluding carboxylic acids is 1. The number of furan rings is 1. The average molecular weight is 407 g/mol. The first kappa shape index (κ1) is 19.3. The Bertz CT molecular complexity index is 1150. The molecular weight excluding hydrogens is 390 g/mol. The number of aryl methyl sites for hydroxylation is 1. The number of benzene rings is 2. The lowest BCUT2D eigenvalue weighted by atomic mass is 10.1. The van der Waals surface area contributed by atoms with Crippen molar-refractivity contribution in [1.82, 2.24) is 0 Å². The molecule has 30 heavy (non-hydrogen) atoms. The van der Waals surface area contributed by atoms with E-state index in [2.05, 4.69) is 0 Å². The van der Waals surface area contributed by atoms with Crippen LogP contribution in [0.1, 0.15) is 27.4 Å². The number of carbonyl (C=O) groups is 1. The highest BCUT2D eigenvalue weighted by atomic mass is 16.7. The molecule has 0 radical (unpaired) electrons. The van der Waals surface area contributed by atoms with Crippen LogP contribution in [0.4, 0.5) is 5.69 Å². The fourth-order valence-corrected chi connectivity index (χ4v) is 2.94. The third kappa shape index (κ3) is 4.17. The highest BCUT2D eigenvalue weighted by Crippen LogP contribution is 2.32. The van der Waals surface area contributed by atoms with E-state index in [-0.39, 0.29) is 24.9 Å². The zero-order valence-corrected chi connectivity index (χ0v) is 16.0. The van der Waals surface area contributed by atoms with Crippen LogP contribution in [0.25, 0.3) is 6.08 Å². The van der Waals surface area contributed by atoms with Crippen molar-refractivity contribution in [3.05, 3.63) is 87.4 Å². The van der Waals surface area contributed by atoms with Crippen LogP contribution in [0.15, 0.2) is 59.0 Å². The van der Waals surface area contributed by atoms with Crippen LogP contribution < -0.4 is 14.2 Å². The largest absolute Gasteiger partial charge is 0.486 e. The van der Waals surface area contributed by atoms with Crippen molar-refractivity contribution >= 4 is 17.5 Å². The van der Waals surface area contributed by atoms with Crippen molar-refractivity contribution in [2.45, 2.75) is 13.5 Å². The standard InChI is InChI=1S/C22H17NO7/c1-14-10-17(5-7-19(14)23(25)26)27-12-18-4-3-16(30-18)6-8-20(24)15-2-9-21-22(11-15)29-13-28-21/h2-11H,12-13H2,1H3/b8-6+. The lowest BCUT2D eigenvalue weighted by molar-refractivity contribution is -0.385. The molecule has 3 aromatic rings. The Morgan fingerprint density at radius 3 is 2.77 bits per heavy atom.